The maximum Gasteiger partial charge on any atom is 0.416 e. The molecule has 0 amide bonds. The van der Waals surface area contributed by atoms with Crippen LogP contribution in [-0.2, 0) is 12.6 Å². The van der Waals surface area contributed by atoms with Crippen molar-refractivity contribution in [1.82, 2.24) is 0 Å². The van der Waals surface area contributed by atoms with Crippen LogP contribution in [0.5, 0.6) is 0 Å². The molecule has 0 unspecified atom stereocenters. The molecule has 3 aromatic rings. The lowest BCUT2D eigenvalue weighted by Crippen LogP contribution is -2.03. The van der Waals surface area contributed by atoms with Crippen molar-refractivity contribution < 1.29 is 13.2 Å². The molecule has 148 valence electrons. The monoisotopic (exact) mass is 396 g/mol. The first-order chi connectivity index (χ1) is 13.9. The van der Waals surface area contributed by atoms with Crippen LogP contribution in [-0.4, -0.2) is 0 Å². The number of benzene rings is 3. The summed E-state index contributed by atoms with van der Waals surface area (Å²) in [5.41, 5.74) is 2.90. The predicted octanol–water partition coefficient (Wildman–Crippen LogP) is 8.49. The summed E-state index contributed by atoms with van der Waals surface area (Å²) in [6.45, 7) is 2.14. The molecule has 0 aliphatic rings. The minimum absolute atomic E-state index is 0.341. The molecular weight excluding hydrogens is 377 g/mol. The zero-order chi connectivity index (χ0) is 20.7. The average Bonchev–Trinajstić information content (AvgIpc) is 2.72. The Morgan fingerprint density at radius 2 is 0.931 bits per heavy atom. The highest BCUT2D eigenvalue weighted by Crippen LogP contribution is 2.31. The van der Waals surface area contributed by atoms with Crippen LogP contribution in [0.15, 0.2) is 93.3 Å². The number of aryl methyl sites for hydroxylation is 1. The summed E-state index contributed by atoms with van der Waals surface area (Å²) >= 11 is 0. The van der Waals surface area contributed by atoms with E-state index >= 15 is 0 Å². The third kappa shape index (κ3) is 6.07. The topological polar surface area (TPSA) is 49.4 Å². The summed E-state index contributed by atoms with van der Waals surface area (Å²) in [6, 6.07) is 19.4. The summed E-state index contributed by atoms with van der Waals surface area (Å²) in [7, 11) is 0. The highest BCUT2D eigenvalue weighted by molar-refractivity contribution is 5.48. The molecule has 0 spiro atoms. The smallest absolute Gasteiger partial charge is 0.166 e. The molecule has 0 radical (unpaired) electrons. The molecule has 3 rings (SSSR count). The molecule has 0 heterocycles. The van der Waals surface area contributed by atoms with Crippen LogP contribution in [0.2, 0.25) is 0 Å². The summed E-state index contributed by atoms with van der Waals surface area (Å²) in [6.07, 6.45) is -2.22. The van der Waals surface area contributed by atoms with Gasteiger partial charge in [0.15, 0.2) is 0 Å². The Morgan fingerprint density at radius 3 is 1.28 bits per heavy atom. The number of hydrogen-bond acceptors (Lipinski definition) is 4. The van der Waals surface area contributed by atoms with E-state index in [4.69, 9.17) is 0 Å². The number of nitrogens with zero attached hydrogens (tertiary/aromatic N) is 4. The van der Waals surface area contributed by atoms with Crippen molar-refractivity contribution in [2.75, 3.05) is 0 Å². The number of azo groups is 2. The van der Waals surface area contributed by atoms with Gasteiger partial charge in [-0.3, -0.25) is 0 Å². The van der Waals surface area contributed by atoms with Gasteiger partial charge < -0.3 is 0 Å². The second-order valence-electron chi connectivity index (χ2n) is 6.38. The minimum atomic E-state index is -4.36. The fraction of sp³-hybridized carbons (Fsp3) is 0.182. The van der Waals surface area contributed by atoms with E-state index in [1.807, 2.05) is 24.3 Å². The van der Waals surface area contributed by atoms with Crippen LogP contribution in [0.25, 0.3) is 0 Å². The molecule has 0 N–H and O–H groups in total. The van der Waals surface area contributed by atoms with Crippen molar-refractivity contribution in [3.05, 3.63) is 83.9 Å². The lowest BCUT2D eigenvalue weighted by Gasteiger charge is -2.05. The Kier molecular flexibility index (Phi) is 6.49. The first-order valence-corrected chi connectivity index (χ1v) is 9.14. The van der Waals surface area contributed by atoms with E-state index in [-0.39, 0.29) is 0 Å². The molecule has 7 heteroatoms. The maximum atomic E-state index is 12.6. The lowest BCUT2D eigenvalue weighted by atomic mass is 10.1. The van der Waals surface area contributed by atoms with E-state index < -0.39 is 11.7 Å². The zero-order valence-corrected chi connectivity index (χ0v) is 15.8. The highest BCUT2D eigenvalue weighted by atomic mass is 19.4. The Labute approximate surface area is 166 Å². The molecule has 3 aromatic carbocycles. The molecule has 29 heavy (non-hydrogen) atoms. The predicted molar refractivity (Wildman–Crippen MR) is 107 cm³/mol. The molecule has 0 bridgehead atoms. The normalized spacial score (nSPS) is 12.1. The van der Waals surface area contributed by atoms with Crippen molar-refractivity contribution in [3.8, 4) is 0 Å². The van der Waals surface area contributed by atoms with Gasteiger partial charge in [0.25, 0.3) is 0 Å². The van der Waals surface area contributed by atoms with Crippen LogP contribution in [0.4, 0.5) is 35.9 Å². The van der Waals surface area contributed by atoms with Crippen LogP contribution < -0.4 is 0 Å². The molecule has 0 aliphatic carbocycles. The molecule has 0 saturated carbocycles. The first kappa shape index (κ1) is 20.4. The van der Waals surface area contributed by atoms with Gasteiger partial charge in [-0.2, -0.15) is 33.6 Å². The van der Waals surface area contributed by atoms with Gasteiger partial charge in [-0.15, -0.1) is 0 Å². The van der Waals surface area contributed by atoms with Gasteiger partial charge in [-0.1, -0.05) is 25.5 Å². The second kappa shape index (κ2) is 9.23. The van der Waals surface area contributed by atoms with Crippen molar-refractivity contribution >= 4 is 22.7 Å². The molecule has 0 atom stereocenters. The number of hydrogen-bond donors (Lipinski definition) is 0. The van der Waals surface area contributed by atoms with Crippen molar-refractivity contribution in [1.29, 1.82) is 0 Å². The summed E-state index contributed by atoms with van der Waals surface area (Å²) in [5, 5.41) is 16.4. The van der Waals surface area contributed by atoms with Crippen LogP contribution >= 0.6 is 0 Å². The lowest BCUT2D eigenvalue weighted by molar-refractivity contribution is -0.137. The fourth-order valence-corrected chi connectivity index (χ4v) is 2.55. The third-order valence-corrected chi connectivity index (χ3v) is 4.08. The average molecular weight is 396 g/mol. The SMILES string of the molecule is CCCc1ccc(N=Nc2ccc(N=Nc3ccc(C(F)(F)F)cc3)cc2)cc1. The summed E-state index contributed by atoms with van der Waals surface area (Å²) in [4.78, 5) is 0. The van der Waals surface area contributed by atoms with E-state index in [0.717, 1.165) is 30.7 Å². The second-order valence-corrected chi connectivity index (χ2v) is 6.38. The Hall–Kier alpha value is -3.35. The molecule has 0 aromatic heterocycles. The maximum absolute atomic E-state index is 12.6. The Balaban J connectivity index is 1.61. The van der Waals surface area contributed by atoms with Crippen LogP contribution in [0.3, 0.4) is 0 Å². The standard InChI is InChI=1S/C22H19F3N4/c1-2-3-16-4-8-18(9-5-16)26-28-20-12-14-21(15-13-20)29-27-19-10-6-17(7-11-19)22(23,24)25/h4-15H,2-3H2,1H3. The minimum Gasteiger partial charge on any atom is -0.166 e. The van der Waals surface area contributed by atoms with E-state index in [0.29, 0.717) is 17.1 Å². The molecule has 4 nitrogen and oxygen atoms in total. The highest BCUT2D eigenvalue weighted by Gasteiger charge is 2.29. The van der Waals surface area contributed by atoms with Crippen molar-refractivity contribution in [2.45, 2.75) is 25.9 Å². The largest absolute Gasteiger partial charge is 0.416 e. The number of alkyl halides is 3. The van der Waals surface area contributed by atoms with Gasteiger partial charge in [-0.05, 0) is 72.6 Å². The quantitative estimate of drug-likeness (QED) is 0.375. The van der Waals surface area contributed by atoms with Crippen molar-refractivity contribution in [3.63, 3.8) is 0 Å². The van der Waals surface area contributed by atoms with E-state index in [1.54, 1.807) is 24.3 Å². The Morgan fingerprint density at radius 1 is 0.586 bits per heavy atom. The molecule has 0 aliphatic heterocycles. The fourth-order valence-electron chi connectivity index (χ4n) is 2.55. The Bertz CT molecular complexity index is 975. The molecule has 0 saturated heterocycles. The van der Waals surface area contributed by atoms with Gasteiger partial charge in [0, 0.05) is 0 Å². The van der Waals surface area contributed by atoms with Gasteiger partial charge in [0.2, 0.25) is 0 Å². The first-order valence-electron chi connectivity index (χ1n) is 9.14. The zero-order valence-electron chi connectivity index (χ0n) is 15.8. The number of rotatable bonds is 6. The van der Waals surface area contributed by atoms with E-state index in [9.17, 15) is 13.2 Å². The van der Waals surface area contributed by atoms with Gasteiger partial charge >= 0.3 is 6.18 Å². The van der Waals surface area contributed by atoms with E-state index in [2.05, 4.69) is 27.4 Å². The summed E-state index contributed by atoms with van der Waals surface area (Å²) < 4.78 is 37.7. The van der Waals surface area contributed by atoms with E-state index in [1.165, 1.54) is 17.7 Å². The van der Waals surface area contributed by atoms with Crippen LogP contribution in [0, 0.1) is 0 Å². The third-order valence-electron chi connectivity index (χ3n) is 4.08. The van der Waals surface area contributed by atoms with Gasteiger partial charge in [0.1, 0.15) is 0 Å². The summed E-state index contributed by atoms with van der Waals surface area (Å²) in [5.74, 6) is 0. The van der Waals surface area contributed by atoms with Gasteiger partial charge in [0.05, 0.1) is 28.3 Å². The van der Waals surface area contributed by atoms with Crippen LogP contribution in [0.1, 0.15) is 24.5 Å². The molecule has 0 fully saturated rings. The molecular formula is C22H19F3N4. The number of halogens is 3. The van der Waals surface area contributed by atoms with Gasteiger partial charge in [-0.25, -0.2) is 0 Å². The van der Waals surface area contributed by atoms with Crippen molar-refractivity contribution in [2.24, 2.45) is 20.5 Å².